The molecule has 0 unspecified atom stereocenters. The minimum atomic E-state index is 0. The molecule has 1 radical (unpaired) electrons. The van der Waals surface area contributed by atoms with Crippen LogP contribution in [0.4, 0.5) is 0 Å². The Hall–Kier alpha value is -0.937. The molecule has 2 aliphatic rings. The van der Waals surface area contributed by atoms with Crippen LogP contribution in [0.25, 0.3) is 17.2 Å². The molecule has 0 amide bonds. The van der Waals surface area contributed by atoms with Gasteiger partial charge in [-0.2, -0.15) is 0 Å². The second kappa shape index (κ2) is 8.39. The van der Waals surface area contributed by atoms with E-state index in [9.17, 15) is 0 Å². The van der Waals surface area contributed by atoms with Crippen molar-refractivity contribution in [2.45, 2.75) is 59.3 Å². The van der Waals surface area contributed by atoms with Crippen LogP contribution in [0.3, 0.4) is 0 Å². The first kappa shape index (κ1) is 19.8. The molecule has 0 nitrogen and oxygen atoms in total. The third-order valence-corrected chi connectivity index (χ3v) is 5.95. The van der Waals surface area contributed by atoms with Crippen molar-refractivity contribution in [2.24, 2.45) is 5.92 Å². The van der Waals surface area contributed by atoms with E-state index in [2.05, 4.69) is 63.6 Å². The second-order valence-corrected chi connectivity index (χ2v) is 8.21. The average Bonchev–Trinajstić information content (AvgIpc) is 2.99. The van der Waals surface area contributed by atoms with Crippen LogP contribution in [-0.4, -0.2) is 0 Å². The third-order valence-electron chi connectivity index (χ3n) is 5.95. The zero-order valence-corrected chi connectivity index (χ0v) is 18.8. The summed E-state index contributed by atoms with van der Waals surface area (Å²) < 4.78 is 0. The van der Waals surface area contributed by atoms with Crippen LogP contribution >= 0.6 is 0 Å². The summed E-state index contributed by atoms with van der Waals surface area (Å²) in [5, 5.41) is 0. The summed E-state index contributed by atoms with van der Waals surface area (Å²) in [7, 11) is 0. The van der Waals surface area contributed by atoms with Crippen molar-refractivity contribution in [3.8, 4) is 11.1 Å². The Labute approximate surface area is 178 Å². The molecule has 1 heteroatoms. The van der Waals surface area contributed by atoms with Gasteiger partial charge in [0.25, 0.3) is 0 Å². The van der Waals surface area contributed by atoms with Crippen LogP contribution in [0.1, 0.15) is 66.3 Å². The Morgan fingerprint density at radius 1 is 0.846 bits per heavy atom. The van der Waals surface area contributed by atoms with Gasteiger partial charge in [0.2, 0.25) is 0 Å². The SMILES string of the molecule is Cc1cc(C)cc(-c2ccc(C)c3c2C=C(CC2CCCCC2)[CH]3)c1.[Zr]. The van der Waals surface area contributed by atoms with E-state index in [1.807, 2.05) is 0 Å². The Balaban J connectivity index is 0.00000196. The first-order valence-electron chi connectivity index (χ1n) is 9.88. The van der Waals surface area contributed by atoms with E-state index in [-0.39, 0.29) is 26.2 Å². The van der Waals surface area contributed by atoms with Crippen LogP contribution in [0, 0.1) is 33.1 Å². The summed E-state index contributed by atoms with van der Waals surface area (Å²) >= 11 is 0. The van der Waals surface area contributed by atoms with Crippen molar-refractivity contribution in [2.75, 3.05) is 0 Å². The number of rotatable bonds is 3. The summed E-state index contributed by atoms with van der Waals surface area (Å²) in [6, 6.07) is 11.5. The minimum Gasteiger partial charge on any atom is -0.0608 e. The van der Waals surface area contributed by atoms with Crippen molar-refractivity contribution in [1.29, 1.82) is 0 Å². The van der Waals surface area contributed by atoms with Crippen molar-refractivity contribution < 1.29 is 26.2 Å². The minimum absolute atomic E-state index is 0. The number of benzene rings is 2. The van der Waals surface area contributed by atoms with Crippen LogP contribution in [0.15, 0.2) is 35.9 Å². The van der Waals surface area contributed by atoms with Gasteiger partial charge < -0.3 is 0 Å². The Bertz CT molecular complexity index is 802. The molecule has 2 aliphatic carbocycles. The molecular weight excluding hydrogens is 391 g/mol. The topological polar surface area (TPSA) is 0 Å². The third kappa shape index (κ3) is 4.14. The monoisotopic (exact) mass is 419 g/mol. The molecule has 0 aliphatic heterocycles. The molecule has 4 rings (SSSR count). The van der Waals surface area contributed by atoms with E-state index in [1.54, 1.807) is 5.57 Å². The Morgan fingerprint density at radius 3 is 2.23 bits per heavy atom. The summed E-state index contributed by atoms with van der Waals surface area (Å²) in [6.45, 7) is 6.64. The molecule has 0 aromatic heterocycles. The van der Waals surface area contributed by atoms with Gasteiger partial charge in [-0.3, -0.25) is 0 Å². The van der Waals surface area contributed by atoms with Gasteiger partial charge in [0, 0.05) is 32.6 Å². The number of allylic oxidation sites excluding steroid dienone is 1. The molecule has 0 spiro atoms. The zero-order valence-electron chi connectivity index (χ0n) is 16.4. The molecular formula is C25H29Zr. The van der Waals surface area contributed by atoms with Crippen molar-refractivity contribution in [3.63, 3.8) is 0 Å². The predicted octanol–water partition coefficient (Wildman–Crippen LogP) is 7.20. The molecule has 133 valence electrons. The number of hydrogen-bond donors (Lipinski definition) is 0. The fourth-order valence-electron chi connectivity index (χ4n) is 4.73. The van der Waals surface area contributed by atoms with Crippen molar-refractivity contribution in [1.82, 2.24) is 0 Å². The van der Waals surface area contributed by atoms with Gasteiger partial charge in [-0.15, -0.1) is 0 Å². The second-order valence-electron chi connectivity index (χ2n) is 8.21. The summed E-state index contributed by atoms with van der Waals surface area (Å²) in [4.78, 5) is 0. The van der Waals surface area contributed by atoms with Gasteiger partial charge in [0.05, 0.1) is 0 Å². The van der Waals surface area contributed by atoms with Crippen LogP contribution in [0.5, 0.6) is 0 Å². The summed E-state index contributed by atoms with van der Waals surface area (Å²) in [5.41, 5.74) is 11.3. The molecule has 0 saturated heterocycles. The van der Waals surface area contributed by atoms with E-state index in [0.29, 0.717) is 0 Å². The van der Waals surface area contributed by atoms with Gasteiger partial charge in [-0.05, 0) is 60.9 Å². The molecule has 0 bridgehead atoms. The molecule has 1 fully saturated rings. The smallest absolute Gasteiger partial charge is 0.0167 e. The fourth-order valence-corrected chi connectivity index (χ4v) is 4.73. The van der Waals surface area contributed by atoms with E-state index < -0.39 is 0 Å². The average molecular weight is 421 g/mol. The molecule has 2 aromatic carbocycles. The first-order valence-corrected chi connectivity index (χ1v) is 9.88. The molecule has 1 saturated carbocycles. The van der Waals surface area contributed by atoms with Gasteiger partial charge in [-0.25, -0.2) is 0 Å². The number of aryl methyl sites for hydroxylation is 3. The number of fused-ring (bicyclic) bond motifs is 1. The normalized spacial score (nSPS) is 16.8. The Kier molecular flexibility index (Phi) is 6.39. The van der Waals surface area contributed by atoms with E-state index in [4.69, 9.17) is 0 Å². The van der Waals surface area contributed by atoms with Crippen LogP contribution in [-0.2, 0) is 26.2 Å². The van der Waals surface area contributed by atoms with Gasteiger partial charge in [-0.1, -0.05) is 85.2 Å². The molecule has 2 aromatic rings. The summed E-state index contributed by atoms with van der Waals surface area (Å²) in [6.07, 6.45) is 13.3. The maximum Gasteiger partial charge on any atom is 0.0167 e. The first-order chi connectivity index (χ1) is 12.1. The van der Waals surface area contributed by atoms with Gasteiger partial charge >= 0.3 is 0 Å². The van der Waals surface area contributed by atoms with E-state index in [0.717, 1.165) is 5.92 Å². The molecule has 26 heavy (non-hydrogen) atoms. The van der Waals surface area contributed by atoms with Crippen LogP contribution in [0.2, 0.25) is 0 Å². The quantitative estimate of drug-likeness (QED) is 0.492. The maximum absolute atomic E-state index is 2.48. The number of hydrogen-bond acceptors (Lipinski definition) is 0. The molecule has 0 N–H and O–H groups in total. The molecule has 0 atom stereocenters. The summed E-state index contributed by atoms with van der Waals surface area (Å²) in [5.74, 6) is 0.899. The zero-order chi connectivity index (χ0) is 17.4. The largest absolute Gasteiger partial charge is 0.0608 e. The fraction of sp³-hybridized carbons (Fsp3) is 0.400. The molecule has 0 heterocycles. The van der Waals surface area contributed by atoms with Crippen molar-refractivity contribution >= 4 is 6.08 Å². The Morgan fingerprint density at radius 2 is 1.54 bits per heavy atom. The van der Waals surface area contributed by atoms with Gasteiger partial charge in [0.15, 0.2) is 0 Å². The van der Waals surface area contributed by atoms with Crippen molar-refractivity contribution in [3.05, 3.63) is 70.1 Å². The predicted molar refractivity (Wildman–Crippen MR) is 109 cm³/mol. The van der Waals surface area contributed by atoms with Gasteiger partial charge in [0.1, 0.15) is 0 Å². The van der Waals surface area contributed by atoms with E-state index >= 15 is 0 Å². The maximum atomic E-state index is 2.48. The standard InChI is InChI=1S/C25H29.Zr/c1-17-11-18(2)13-22(12-17)23-10-9-19(3)24-15-21(16-25(23)24)14-20-7-5-4-6-8-20;/h9-13,15-16,20H,4-8,14H2,1-3H3;. The van der Waals surface area contributed by atoms with E-state index in [1.165, 1.54) is 77.5 Å². The van der Waals surface area contributed by atoms with Crippen LogP contribution < -0.4 is 0 Å².